The topological polar surface area (TPSA) is 135 Å². The van der Waals surface area contributed by atoms with E-state index in [-0.39, 0.29) is 12.2 Å². The van der Waals surface area contributed by atoms with Gasteiger partial charge in [-0.15, -0.1) is 34.2 Å². The number of fused-ring (bicyclic) bond motifs is 3. The van der Waals surface area contributed by atoms with E-state index in [1.165, 1.54) is 4.88 Å². The number of ketones is 1. The van der Waals surface area contributed by atoms with Gasteiger partial charge in [-0.2, -0.15) is 5.26 Å². The highest BCUT2D eigenvalue weighted by molar-refractivity contribution is 7.59. The molecule has 0 saturated carbocycles. The molecule has 2 aromatic heterocycles. The lowest BCUT2D eigenvalue weighted by atomic mass is 9.95. The van der Waals surface area contributed by atoms with Gasteiger partial charge in [0.05, 0.1) is 17.3 Å². The molecule has 3 heterocycles. The van der Waals surface area contributed by atoms with Gasteiger partial charge in [0.2, 0.25) is 0 Å². The Morgan fingerprint density at radius 2 is 1.88 bits per heavy atom. The molecule has 0 radical (unpaired) electrons. The maximum absolute atomic E-state index is 12.0. The lowest BCUT2D eigenvalue weighted by Gasteiger charge is -2.12. The number of Topliss-reactive ketones (excluding diaryl/α,β-unsaturated/α-hetero) is 1. The van der Waals surface area contributed by atoms with Crippen molar-refractivity contribution in [2.24, 2.45) is 4.99 Å². The van der Waals surface area contributed by atoms with Gasteiger partial charge in [0.1, 0.15) is 22.7 Å². The summed E-state index contributed by atoms with van der Waals surface area (Å²) >= 11 is 1.70. The summed E-state index contributed by atoms with van der Waals surface area (Å²) in [6.07, 6.45) is 1.15. The van der Waals surface area contributed by atoms with E-state index in [0.717, 1.165) is 39.6 Å². The molecular weight excluding hydrogens is 462 g/mol. The second-order valence-corrected chi connectivity index (χ2v) is 8.88. The number of nitrogens with zero attached hydrogens (tertiary/aromatic N) is 5. The molecule has 11 heteroatoms. The Morgan fingerprint density at radius 3 is 2.48 bits per heavy atom. The maximum Gasteiger partial charge on any atom is 0.425 e. The van der Waals surface area contributed by atoms with E-state index in [4.69, 9.17) is 17.6 Å². The monoisotopic (exact) mass is 483 g/mol. The van der Waals surface area contributed by atoms with Crippen molar-refractivity contribution < 1.29 is 17.4 Å². The van der Waals surface area contributed by atoms with Gasteiger partial charge in [-0.3, -0.25) is 14.4 Å². The van der Waals surface area contributed by atoms with Gasteiger partial charge in [-0.25, -0.2) is 0 Å². The largest absolute Gasteiger partial charge is 0.425 e. The van der Waals surface area contributed by atoms with E-state index in [1.54, 1.807) is 24.3 Å². The van der Waals surface area contributed by atoms with Crippen LogP contribution in [-0.2, 0) is 21.8 Å². The molecule has 0 saturated heterocycles. The Morgan fingerprint density at radius 1 is 1.21 bits per heavy atom. The van der Waals surface area contributed by atoms with Crippen molar-refractivity contribution in [2.75, 3.05) is 0 Å². The molecular formula is C22H21N5O4S2. The van der Waals surface area contributed by atoms with Crippen molar-refractivity contribution in [3.63, 3.8) is 0 Å². The van der Waals surface area contributed by atoms with Crippen LogP contribution in [0.4, 0.5) is 0 Å². The highest BCUT2D eigenvalue weighted by Crippen LogP contribution is 2.40. The molecule has 0 bridgehead atoms. The highest BCUT2D eigenvalue weighted by Gasteiger charge is 2.32. The normalized spacial score (nSPS) is 14.0. The van der Waals surface area contributed by atoms with Crippen molar-refractivity contribution in [1.29, 1.82) is 5.26 Å². The molecule has 0 amide bonds. The van der Waals surface area contributed by atoms with Crippen LogP contribution >= 0.6 is 11.3 Å². The number of aliphatic imine (C=N–C) groups is 1. The first-order chi connectivity index (χ1) is 15.7. The summed E-state index contributed by atoms with van der Waals surface area (Å²) in [5.74, 6) is 1.48. The summed E-state index contributed by atoms with van der Waals surface area (Å²) in [7, 11) is -3.11. The molecule has 1 aromatic carbocycles. The van der Waals surface area contributed by atoms with Gasteiger partial charge in [-0.05, 0) is 38.8 Å². The number of rotatable bonds is 4. The van der Waals surface area contributed by atoms with Crippen LogP contribution in [0.2, 0.25) is 0 Å². The average molecular weight is 484 g/mol. The zero-order valence-corrected chi connectivity index (χ0v) is 20.1. The Kier molecular flexibility index (Phi) is 7.30. The minimum absolute atomic E-state index is 0.0371. The van der Waals surface area contributed by atoms with Gasteiger partial charge in [0.25, 0.3) is 0 Å². The van der Waals surface area contributed by atoms with Gasteiger partial charge >= 0.3 is 10.6 Å². The molecule has 0 fully saturated rings. The number of thiophene rings is 1. The summed E-state index contributed by atoms with van der Waals surface area (Å²) in [5.41, 5.74) is 4.26. The molecule has 9 nitrogen and oxygen atoms in total. The molecule has 170 valence electrons. The van der Waals surface area contributed by atoms with Crippen LogP contribution in [0.15, 0.2) is 29.3 Å². The van der Waals surface area contributed by atoms with Crippen LogP contribution in [0.3, 0.4) is 0 Å². The van der Waals surface area contributed by atoms with Crippen molar-refractivity contribution >= 4 is 33.4 Å². The third-order valence-corrected chi connectivity index (χ3v) is 6.63. The predicted octanol–water partition coefficient (Wildman–Crippen LogP) is 3.25. The summed E-state index contributed by atoms with van der Waals surface area (Å²) in [4.78, 5) is 18.3. The smallest absolute Gasteiger partial charge is 0.300 e. The molecule has 0 unspecified atom stereocenters. The number of aryl methyl sites for hydroxylation is 2. The lowest BCUT2D eigenvalue weighted by molar-refractivity contribution is -0.117. The van der Waals surface area contributed by atoms with Crippen molar-refractivity contribution in [2.45, 2.75) is 46.6 Å². The predicted molar refractivity (Wildman–Crippen MR) is 123 cm³/mol. The van der Waals surface area contributed by atoms with Crippen LogP contribution in [0, 0.1) is 25.2 Å². The Hall–Kier alpha value is -3.49. The standard InChI is InChI=1S/C22H21N5OS.O3S/c1-5-18-13(3)19-20(16-9-7-6-8-15(16)11-23)24-17(10-12(2)28)21-26-25-14(4)27(21)22(19)29-18;1-4(2)3/h6-9,17H,5,10H2,1-4H3;/t17-;/m0./s1. The van der Waals surface area contributed by atoms with E-state index >= 15 is 0 Å². The first kappa shape index (κ1) is 24.2. The molecule has 33 heavy (non-hydrogen) atoms. The quantitative estimate of drug-likeness (QED) is 0.556. The Labute approximate surface area is 196 Å². The summed E-state index contributed by atoms with van der Waals surface area (Å²) in [6.45, 7) is 7.72. The van der Waals surface area contributed by atoms with Crippen LogP contribution in [0.1, 0.15) is 65.1 Å². The fourth-order valence-corrected chi connectivity index (χ4v) is 5.14. The number of nitriles is 1. The third-order valence-electron chi connectivity index (χ3n) is 5.20. The highest BCUT2D eigenvalue weighted by atomic mass is 32.2. The first-order valence-electron chi connectivity index (χ1n) is 10.1. The third kappa shape index (κ3) is 4.81. The number of hydrogen-bond acceptors (Lipinski definition) is 9. The minimum Gasteiger partial charge on any atom is -0.300 e. The molecule has 1 aliphatic heterocycles. The summed E-state index contributed by atoms with van der Waals surface area (Å²) in [6, 6.07) is 9.33. The van der Waals surface area contributed by atoms with E-state index in [1.807, 2.05) is 29.7 Å². The number of benzene rings is 1. The maximum atomic E-state index is 12.0. The second kappa shape index (κ2) is 9.97. The van der Waals surface area contributed by atoms with Gasteiger partial charge < -0.3 is 0 Å². The van der Waals surface area contributed by atoms with Crippen molar-refractivity contribution in [1.82, 2.24) is 14.8 Å². The molecule has 0 N–H and O–H groups in total. The zero-order valence-electron chi connectivity index (χ0n) is 18.5. The van der Waals surface area contributed by atoms with E-state index in [0.29, 0.717) is 11.4 Å². The SMILES string of the molecule is CCc1sc2c(c1C)C(c1ccccc1C#N)=N[C@@H](CC(C)=O)c1nnc(C)n1-2.O=S(=O)=O. The number of carbonyl (C=O) groups is 1. The summed E-state index contributed by atoms with van der Waals surface area (Å²) < 4.78 is 27.4. The Bertz CT molecular complexity index is 1410. The number of hydrogen-bond donors (Lipinski definition) is 0. The van der Waals surface area contributed by atoms with E-state index < -0.39 is 16.7 Å². The first-order valence-corrected chi connectivity index (χ1v) is 11.9. The molecule has 0 aliphatic carbocycles. The zero-order chi connectivity index (χ0) is 24.3. The van der Waals surface area contributed by atoms with E-state index in [2.05, 4.69) is 30.1 Å². The molecule has 4 rings (SSSR count). The molecule has 1 aliphatic rings. The fourth-order valence-electron chi connectivity index (χ4n) is 3.84. The van der Waals surface area contributed by atoms with Gasteiger partial charge in [-0.1, -0.05) is 25.1 Å². The van der Waals surface area contributed by atoms with Gasteiger partial charge in [0, 0.05) is 22.4 Å². The van der Waals surface area contributed by atoms with Crippen molar-refractivity contribution in [3.05, 3.63) is 63.0 Å². The van der Waals surface area contributed by atoms with Crippen LogP contribution in [0.5, 0.6) is 0 Å². The minimum atomic E-state index is -3.11. The van der Waals surface area contributed by atoms with Crippen LogP contribution < -0.4 is 0 Å². The van der Waals surface area contributed by atoms with E-state index in [9.17, 15) is 10.1 Å². The second-order valence-electron chi connectivity index (χ2n) is 7.39. The molecule has 0 spiro atoms. The number of aromatic nitrogens is 3. The summed E-state index contributed by atoms with van der Waals surface area (Å²) in [5, 5.41) is 19.4. The average Bonchev–Trinajstić information content (AvgIpc) is 3.25. The lowest BCUT2D eigenvalue weighted by Crippen LogP contribution is -2.10. The van der Waals surface area contributed by atoms with Gasteiger partial charge in [0.15, 0.2) is 5.82 Å². The van der Waals surface area contributed by atoms with Crippen LogP contribution in [-0.4, -0.2) is 38.9 Å². The molecule has 3 aromatic rings. The Balaban J connectivity index is 0.000000709. The molecule has 1 atom stereocenters. The van der Waals surface area contributed by atoms with Crippen molar-refractivity contribution in [3.8, 4) is 11.1 Å². The van der Waals surface area contributed by atoms with Crippen LogP contribution in [0.25, 0.3) is 5.00 Å². The number of carbonyl (C=O) groups excluding carboxylic acids is 1. The fraction of sp³-hybridized carbons (Fsp3) is 0.318.